The Hall–Kier alpha value is -2.32. The molecule has 4 rings (SSSR count). The number of hydrogen-bond donors (Lipinski definition) is 3. The summed E-state index contributed by atoms with van der Waals surface area (Å²) in [5.74, 6) is 3.30. The molecular formula is C27H36N4O3S2. The van der Waals surface area contributed by atoms with Crippen LogP contribution in [-0.2, 0) is 9.47 Å². The van der Waals surface area contributed by atoms with Crippen molar-refractivity contribution in [1.29, 1.82) is 0 Å². The fourth-order valence-electron chi connectivity index (χ4n) is 3.46. The van der Waals surface area contributed by atoms with Crippen LogP contribution in [0.25, 0.3) is 10.9 Å². The van der Waals surface area contributed by atoms with Gasteiger partial charge in [-0.15, -0.1) is 6.42 Å². The molecule has 1 aliphatic rings. The molecule has 7 nitrogen and oxygen atoms in total. The largest absolute Gasteiger partial charge is 0.490 e. The summed E-state index contributed by atoms with van der Waals surface area (Å²) < 4.78 is 22.8. The van der Waals surface area contributed by atoms with Crippen molar-refractivity contribution in [3.63, 3.8) is 0 Å². The molecule has 0 bridgehead atoms. The van der Waals surface area contributed by atoms with Gasteiger partial charge in [-0.05, 0) is 54.2 Å². The standard InChI is InChI=1S/C25H30N4O3S2.C2H6/c1-2-14-30-15-16-31-17-18-32-23-19-21(6-7-24(23)34-29-12-10-26-11-13-29)33-28-22-5-3-4-20-8-9-27-25(20)22;1-2/h1,3-9,19,26-28H,10-18H2;1-2H3. The van der Waals surface area contributed by atoms with Gasteiger partial charge in [0.05, 0.1) is 35.9 Å². The van der Waals surface area contributed by atoms with Gasteiger partial charge >= 0.3 is 0 Å². The van der Waals surface area contributed by atoms with Crippen LogP contribution in [0.2, 0.25) is 0 Å². The zero-order valence-electron chi connectivity index (χ0n) is 21.0. The first kappa shape index (κ1) is 28.3. The van der Waals surface area contributed by atoms with Gasteiger partial charge in [0.15, 0.2) is 0 Å². The number of rotatable bonds is 13. The van der Waals surface area contributed by atoms with Crippen LogP contribution in [0, 0.1) is 12.3 Å². The van der Waals surface area contributed by atoms with Crippen molar-refractivity contribution >= 4 is 40.5 Å². The van der Waals surface area contributed by atoms with Gasteiger partial charge in [-0.3, -0.25) is 0 Å². The third-order valence-electron chi connectivity index (χ3n) is 5.13. The van der Waals surface area contributed by atoms with E-state index in [0.717, 1.165) is 52.9 Å². The molecule has 0 atom stereocenters. The lowest BCUT2D eigenvalue weighted by atomic mass is 10.2. The van der Waals surface area contributed by atoms with Gasteiger partial charge in [0.1, 0.15) is 19.0 Å². The van der Waals surface area contributed by atoms with Crippen LogP contribution in [0.1, 0.15) is 13.8 Å². The van der Waals surface area contributed by atoms with E-state index in [0.29, 0.717) is 33.0 Å². The van der Waals surface area contributed by atoms with Crippen LogP contribution >= 0.6 is 23.9 Å². The molecule has 2 heterocycles. The topological polar surface area (TPSA) is 70.8 Å². The minimum absolute atomic E-state index is 0.309. The second-order valence-electron chi connectivity index (χ2n) is 7.55. The van der Waals surface area contributed by atoms with Crippen molar-refractivity contribution < 1.29 is 14.2 Å². The van der Waals surface area contributed by atoms with Gasteiger partial charge in [0.2, 0.25) is 0 Å². The Morgan fingerprint density at radius 3 is 2.67 bits per heavy atom. The first-order valence-corrected chi connectivity index (χ1v) is 13.9. The zero-order chi connectivity index (χ0) is 25.4. The van der Waals surface area contributed by atoms with Gasteiger partial charge in [-0.1, -0.05) is 31.9 Å². The Morgan fingerprint density at radius 2 is 1.83 bits per heavy atom. The highest BCUT2D eigenvalue weighted by Crippen LogP contribution is 2.36. The van der Waals surface area contributed by atoms with Gasteiger partial charge in [-0.25, -0.2) is 4.31 Å². The Balaban J connectivity index is 0.00000176. The summed E-state index contributed by atoms with van der Waals surface area (Å²) in [5.41, 5.74) is 2.15. The highest BCUT2D eigenvalue weighted by Gasteiger charge is 2.15. The Bertz CT molecular complexity index is 1080. The van der Waals surface area contributed by atoms with E-state index in [9.17, 15) is 0 Å². The van der Waals surface area contributed by atoms with Crippen molar-refractivity contribution in [3.05, 3.63) is 48.7 Å². The minimum atomic E-state index is 0.309. The van der Waals surface area contributed by atoms with E-state index in [1.54, 1.807) is 23.9 Å². The number of aromatic amines is 1. The molecule has 0 saturated carbocycles. The van der Waals surface area contributed by atoms with Gasteiger partial charge in [-0.2, -0.15) is 0 Å². The number of hydrogen-bond acceptors (Lipinski definition) is 8. The summed E-state index contributed by atoms with van der Waals surface area (Å²) in [7, 11) is 0. The van der Waals surface area contributed by atoms with Gasteiger partial charge < -0.3 is 29.2 Å². The average molecular weight is 529 g/mol. The fraction of sp³-hybridized carbons (Fsp3) is 0.407. The van der Waals surface area contributed by atoms with Gasteiger partial charge in [0, 0.05) is 42.7 Å². The molecule has 0 radical (unpaired) electrons. The molecule has 1 saturated heterocycles. The molecule has 1 aromatic heterocycles. The molecule has 3 N–H and O–H groups in total. The lowest BCUT2D eigenvalue weighted by Crippen LogP contribution is -2.39. The normalized spacial score (nSPS) is 13.6. The van der Waals surface area contributed by atoms with Crippen LogP contribution in [0.4, 0.5) is 5.69 Å². The minimum Gasteiger partial charge on any atom is -0.490 e. The number of piperazine rings is 1. The van der Waals surface area contributed by atoms with E-state index < -0.39 is 0 Å². The molecule has 2 aromatic carbocycles. The molecule has 1 fully saturated rings. The molecule has 36 heavy (non-hydrogen) atoms. The van der Waals surface area contributed by atoms with Crippen LogP contribution in [0.3, 0.4) is 0 Å². The highest BCUT2D eigenvalue weighted by atomic mass is 32.2. The van der Waals surface area contributed by atoms with Crippen LogP contribution in [0.15, 0.2) is 58.5 Å². The summed E-state index contributed by atoms with van der Waals surface area (Å²) in [6.45, 7) is 10.3. The quantitative estimate of drug-likeness (QED) is 0.157. The number of nitrogens with one attached hydrogen (secondary N) is 3. The summed E-state index contributed by atoms with van der Waals surface area (Å²) in [6, 6.07) is 14.6. The summed E-state index contributed by atoms with van der Waals surface area (Å²) >= 11 is 3.32. The number of benzene rings is 2. The van der Waals surface area contributed by atoms with Crippen molar-refractivity contribution in [1.82, 2.24) is 14.6 Å². The molecule has 0 amide bonds. The second-order valence-corrected chi connectivity index (χ2v) is 9.57. The number of fused-ring (bicyclic) bond motifs is 1. The zero-order valence-corrected chi connectivity index (χ0v) is 22.7. The maximum absolute atomic E-state index is 6.15. The SMILES string of the molecule is C#CCOCCOCCOc1cc(SNc2cccc3cc[nH]c23)ccc1SN1CCNCC1.CC. The van der Waals surface area contributed by atoms with E-state index in [2.05, 4.69) is 67.7 Å². The van der Waals surface area contributed by atoms with E-state index in [-0.39, 0.29) is 0 Å². The lowest BCUT2D eigenvalue weighted by molar-refractivity contribution is 0.0458. The third kappa shape index (κ3) is 8.96. The van der Waals surface area contributed by atoms with E-state index in [1.165, 1.54) is 5.39 Å². The maximum atomic E-state index is 6.15. The van der Waals surface area contributed by atoms with E-state index >= 15 is 0 Å². The van der Waals surface area contributed by atoms with E-state index in [4.69, 9.17) is 20.6 Å². The molecule has 0 spiro atoms. The van der Waals surface area contributed by atoms with Crippen molar-refractivity contribution in [2.75, 3.05) is 63.9 Å². The molecule has 9 heteroatoms. The Kier molecular flexibility index (Phi) is 12.9. The van der Waals surface area contributed by atoms with Crippen molar-refractivity contribution in [2.24, 2.45) is 0 Å². The smallest absolute Gasteiger partial charge is 0.135 e. The van der Waals surface area contributed by atoms with E-state index in [1.807, 2.05) is 20.0 Å². The predicted molar refractivity (Wildman–Crippen MR) is 152 cm³/mol. The van der Waals surface area contributed by atoms with Crippen LogP contribution in [0.5, 0.6) is 5.75 Å². The first-order valence-electron chi connectivity index (χ1n) is 12.3. The highest BCUT2D eigenvalue weighted by molar-refractivity contribution is 8.00. The fourth-order valence-corrected chi connectivity index (χ4v) is 5.14. The third-order valence-corrected chi connectivity index (χ3v) is 7.10. The summed E-state index contributed by atoms with van der Waals surface area (Å²) in [4.78, 5) is 5.48. The number of para-hydroxylation sites is 1. The number of H-pyrrole nitrogens is 1. The maximum Gasteiger partial charge on any atom is 0.135 e. The average Bonchev–Trinajstić information content (AvgIpc) is 3.41. The summed E-state index contributed by atoms with van der Waals surface area (Å²) in [5, 5.41) is 4.58. The van der Waals surface area contributed by atoms with Crippen LogP contribution < -0.4 is 14.8 Å². The first-order chi connectivity index (χ1) is 17.8. The molecule has 0 aliphatic carbocycles. The number of ether oxygens (including phenoxy) is 3. The Morgan fingerprint density at radius 1 is 1.03 bits per heavy atom. The number of anilines is 1. The molecule has 194 valence electrons. The summed E-state index contributed by atoms with van der Waals surface area (Å²) in [6.07, 6.45) is 7.13. The van der Waals surface area contributed by atoms with Gasteiger partial charge in [0.25, 0.3) is 0 Å². The molecule has 3 aromatic rings. The predicted octanol–water partition coefficient (Wildman–Crippen LogP) is 5.27. The lowest BCUT2D eigenvalue weighted by Gasteiger charge is -2.26. The van der Waals surface area contributed by atoms with Crippen molar-refractivity contribution in [3.8, 4) is 18.1 Å². The molecule has 0 unspecified atom stereocenters. The second kappa shape index (κ2) is 16.4. The number of nitrogens with zero attached hydrogens (tertiary/aromatic N) is 1. The molecular weight excluding hydrogens is 492 g/mol. The molecule has 1 aliphatic heterocycles. The van der Waals surface area contributed by atoms with Crippen LogP contribution in [-0.4, -0.2) is 68.5 Å². The monoisotopic (exact) mass is 528 g/mol. The Labute approximate surface area is 223 Å². The number of terminal acetylenes is 1. The number of aromatic nitrogens is 1. The van der Waals surface area contributed by atoms with Crippen molar-refractivity contribution in [2.45, 2.75) is 23.6 Å².